The van der Waals surface area contributed by atoms with Gasteiger partial charge in [0.25, 0.3) is 0 Å². The van der Waals surface area contributed by atoms with Crippen LogP contribution < -0.4 is 5.32 Å². The minimum absolute atomic E-state index is 0.196. The van der Waals surface area contributed by atoms with Gasteiger partial charge in [0.1, 0.15) is 11.3 Å². The maximum absolute atomic E-state index is 13.0. The van der Waals surface area contributed by atoms with Crippen LogP contribution >= 0.6 is 11.3 Å². The Kier molecular flexibility index (Phi) is 4.87. The van der Waals surface area contributed by atoms with E-state index in [4.69, 9.17) is 0 Å². The van der Waals surface area contributed by atoms with Crippen LogP contribution in [-0.4, -0.2) is 31.9 Å². The third-order valence-corrected chi connectivity index (χ3v) is 5.80. The summed E-state index contributed by atoms with van der Waals surface area (Å²) in [6.07, 6.45) is 5.50. The second-order valence-electron chi connectivity index (χ2n) is 6.91. The van der Waals surface area contributed by atoms with Crippen molar-refractivity contribution in [1.29, 1.82) is 0 Å². The molecule has 0 saturated carbocycles. The van der Waals surface area contributed by atoms with Gasteiger partial charge in [-0.2, -0.15) is 0 Å². The molecular weight excluding hydrogens is 376 g/mol. The van der Waals surface area contributed by atoms with Crippen LogP contribution in [0.5, 0.6) is 0 Å². The van der Waals surface area contributed by atoms with Crippen LogP contribution in [-0.2, 0) is 29.0 Å². The van der Waals surface area contributed by atoms with Gasteiger partial charge in [-0.15, -0.1) is 11.3 Å². The maximum Gasteiger partial charge on any atom is 0.304 e. The highest BCUT2D eigenvalue weighted by molar-refractivity contribution is 7.09. The molecule has 0 atom stereocenters. The number of hydrogen-bond donors (Lipinski definition) is 2. The van der Waals surface area contributed by atoms with E-state index in [0.717, 1.165) is 27.4 Å². The van der Waals surface area contributed by atoms with Crippen molar-refractivity contribution in [3.63, 3.8) is 0 Å². The zero-order valence-electron chi connectivity index (χ0n) is 15.0. The molecule has 1 aliphatic rings. The molecule has 0 aliphatic heterocycles. The van der Waals surface area contributed by atoms with Crippen molar-refractivity contribution in [2.24, 2.45) is 5.41 Å². The Labute approximate surface area is 165 Å². The Bertz CT molecular complexity index is 994. The van der Waals surface area contributed by atoms with Crippen molar-refractivity contribution in [1.82, 2.24) is 20.3 Å². The molecule has 1 aromatic carbocycles. The first-order valence-electron chi connectivity index (χ1n) is 8.82. The lowest BCUT2D eigenvalue weighted by molar-refractivity contribution is -0.145. The molecule has 28 heavy (non-hydrogen) atoms. The number of aromatic nitrogens is 3. The summed E-state index contributed by atoms with van der Waals surface area (Å²) in [5, 5.41) is 14.9. The quantitative estimate of drug-likeness (QED) is 0.665. The van der Waals surface area contributed by atoms with E-state index >= 15 is 0 Å². The van der Waals surface area contributed by atoms with E-state index in [-0.39, 0.29) is 18.9 Å². The first-order valence-corrected chi connectivity index (χ1v) is 9.70. The number of aliphatic carboxylic acids is 1. The summed E-state index contributed by atoms with van der Waals surface area (Å²) in [6, 6.07) is 7.75. The molecule has 0 saturated heterocycles. The van der Waals surface area contributed by atoms with Crippen LogP contribution in [0, 0.1) is 5.41 Å². The van der Waals surface area contributed by atoms with Gasteiger partial charge in [-0.3, -0.25) is 9.59 Å². The molecule has 1 amide bonds. The highest BCUT2D eigenvalue weighted by Gasteiger charge is 2.45. The summed E-state index contributed by atoms with van der Waals surface area (Å²) in [5.41, 5.74) is 2.69. The molecule has 2 N–H and O–H groups in total. The molecule has 8 heteroatoms. The van der Waals surface area contributed by atoms with Crippen molar-refractivity contribution in [3.05, 3.63) is 64.5 Å². The Hall–Kier alpha value is -3.13. The summed E-state index contributed by atoms with van der Waals surface area (Å²) in [4.78, 5) is 36.9. The standard InChI is InChI=1S/C20H18N4O3S/c25-18(26)7-20(5-13-3-1-2-4-14(13)6-20)19(27)23-10-17-24-16(11-28-17)15-8-21-12-22-9-15/h1-4,8-9,11-12H,5-7,10H2,(H,23,27)(H,25,26). The molecule has 142 valence electrons. The van der Waals surface area contributed by atoms with Crippen molar-refractivity contribution < 1.29 is 14.7 Å². The zero-order chi connectivity index (χ0) is 19.6. The minimum atomic E-state index is -0.969. The van der Waals surface area contributed by atoms with Gasteiger partial charge in [0.05, 0.1) is 24.1 Å². The molecule has 0 radical (unpaired) electrons. The number of carbonyl (C=O) groups excluding carboxylic acids is 1. The van der Waals surface area contributed by atoms with Gasteiger partial charge in [0.15, 0.2) is 0 Å². The van der Waals surface area contributed by atoms with Crippen molar-refractivity contribution >= 4 is 23.2 Å². The number of carboxylic acid groups (broad SMARTS) is 1. The average Bonchev–Trinajstić information content (AvgIpc) is 3.31. The van der Waals surface area contributed by atoms with E-state index in [1.54, 1.807) is 12.4 Å². The first-order chi connectivity index (χ1) is 13.6. The molecular formula is C20H18N4O3S. The number of carboxylic acids is 1. The SMILES string of the molecule is O=C(O)CC1(C(=O)NCc2nc(-c3cncnc3)cs2)Cc2ccccc2C1. The van der Waals surface area contributed by atoms with Gasteiger partial charge in [0, 0.05) is 23.3 Å². The Morgan fingerprint density at radius 2 is 1.82 bits per heavy atom. The van der Waals surface area contributed by atoms with E-state index in [2.05, 4.69) is 20.3 Å². The number of rotatable bonds is 6. The monoisotopic (exact) mass is 394 g/mol. The topological polar surface area (TPSA) is 105 Å². The van der Waals surface area contributed by atoms with E-state index in [1.807, 2.05) is 29.6 Å². The van der Waals surface area contributed by atoms with Crippen LogP contribution in [0.3, 0.4) is 0 Å². The molecule has 2 heterocycles. The van der Waals surface area contributed by atoms with Gasteiger partial charge in [0.2, 0.25) is 5.91 Å². The predicted molar refractivity (Wildman–Crippen MR) is 104 cm³/mol. The lowest BCUT2D eigenvalue weighted by Gasteiger charge is -2.25. The fraction of sp³-hybridized carbons (Fsp3) is 0.250. The summed E-state index contributed by atoms with van der Waals surface area (Å²) in [6.45, 7) is 0.259. The van der Waals surface area contributed by atoms with Gasteiger partial charge < -0.3 is 10.4 Å². The fourth-order valence-electron chi connectivity index (χ4n) is 3.65. The van der Waals surface area contributed by atoms with Gasteiger partial charge in [-0.25, -0.2) is 15.0 Å². The van der Waals surface area contributed by atoms with E-state index in [9.17, 15) is 14.7 Å². The van der Waals surface area contributed by atoms with Crippen molar-refractivity contribution in [3.8, 4) is 11.3 Å². The van der Waals surface area contributed by atoms with E-state index in [1.165, 1.54) is 17.7 Å². The highest BCUT2D eigenvalue weighted by atomic mass is 32.1. The lowest BCUT2D eigenvalue weighted by Crippen LogP contribution is -2.43. The van der Waals surface area contributed by atoms with Gasteiger partial charge >= 0.3 is 5.97 Å². The molecule has 0 bridgehead atoms. The van der Waals surface area contributed by atoms with Crippen molar-refractivity contribution in [2.75, 3.05) is 0 Å². The zero-order valence-corrected chi connectivity index (χ0v) is 15.8. The maximum atomic E-state index is 13.0. The molecule has 2 aromatic heterocycles. The van der Waals surface area contributed by atoms with Crippen molar-refractivity contribution in [2.45, 2.75) is 25.8 Å². The third-order valence-electron chi connectivity index (χ3n) is 4.96. The summed E-state index contributed by atoms with van der Waals surface area (Å²) in [7, 11) is 0. The Morgan fingerprint density at radius 3 is 2.46 bits per heavy atom. The van der Waals surface area contributed by atoms with Crippen LogP contribution in [0.4, 0.5) is 0 Å². The number of thiazole rings is 1. The molecule has 0 fully saturated rings. The van der Waals surface area contributed by atoms with E-state index < -0.39 is 11.4 Å². The number of nitrogens with one attached hydrogen (secondary N) is 1. The third kappa shape index (κ3) is 3.63. The number of amides is 1. The molecule has 7 nitrogen and oxygen atoms in total. The summed E-state index contributed by atoms with van der Waals surface area (Å²) < 4.78 is 0. The Balaban J connectivity index is 1.47. The number of nitrogens with zero attached hydrogens (tertiary/aromatic N) is 3. The molecule has 4 rings (SSSR count). The lowest BCUT2D eigenvalue weighted by atomic mass is 9.80. The number of carbonyl (C=O) groups is 2. The highest BCUT2D eigenvalue weighted by Crippen LogP contribution is 2.40. The smallest absolute Gasteiger partial charge is 0.304 e. The number of fused-ring (bicyclic) bond motifs is 1. The van der Waals surface area contributed by atoms with E-state index in [0.29, 0.717) is 12.8 Å². The summed E-state index contributed by atoms with van der Waals surface area (Å²) in [5.74, 6) is -1.21. The largest absolute Gasteiger partial charge is 0.481 e. The minimum Gasteiger partial charge on any atom is -0.481 e. The molecule has 1 aliphatic carbocycles. The average molecular weight is 394 g/mol. The molecule has 0 unspecified atom stereocenters. The second-order valence-corrected chi connectivity index (χ2v) is 7.85. The molecule has 0 spiro atoms. The Morgan fingerprint density at radius 1 is 1.14 bits per heavy atom. The summed E-state index contributed by atoms with van der Waals surface area (Å²) >= 11 is 1.43. The number of hydrogen-bond acceptors (Lipinski definition) is 6. The normalized spacial score (nSPS) is 14.4. The van der Waals surface area contributed by atoms with Crippen LogP contribution in [0.25, 0.3) is 11.3 Å². The first kappa shape index (κ1) is 18.2. The van der Waals surface area contributed by atoms with Crippen LogP contribution in [0.15, 0.2) is 48.4 Å². The molecule has 3 aromatic rings. The van der Waals surface area contributed by atoms with Crippen LogP contribution in [0.2, 0.25) is 0 Å². The van der Waals surface area contributed by atoms with Gasteiger partial charge in [-0.1, -0.05) is 24.3 Å². The van der Waals surface area contributed by atoms with Crippen LogP contribution in [0.1, 0.15) is 22.6 Å². The van der Waals surface area contributed by atoms with Gasteiger partial charge in [-0.05, 0) is 24.0 Å². The second kappa shape index (κ2) is 7.47. The predicted octanol–water partition coefficient (Wildman–Crippen LogP) is 2.48. The number of benzene rings is 1. The fourth-order valence-corrected chi connectivity index (χ4v) is 4.39.